The molecule has 0 amide bonds. The number of benzene rings is 3. The molecule has 0 atom stereocenters. The fourth-order valence-electron chi connectivity index (χ4n) is 5.21. The molecule has 0 spiro atoms. The van der Waals surface area contributed by atoms with Crippen molar-refractivity contribution < 1.29 is 0 Å². The van der Waals surface area contributed by atoms with Gasteiger partial charge in [-0.15, -0.1) is 0 Å². The normalized spacial score (nSPS) is 13.1. The maximum Gasteiger partial charge on any atom is 0.178 e. The Hall–Kier alpha value is -3.66. The van der Waals surface area contributed by atoms with E-state index in [4.69, 9.17) is 9.97 Å². The van der Waals surface area contributed by atoms with Crippen molar-refractivity contribution in [2.24, 2.45) is 0 Å². The van der Waals surface area contributed by atoms with Crippen molar-refractivity contribution in [3.63, 3.8) is 0 Å². The van der Waals surface area contributed by atoms with Gasteiger partial charge in [0.05, 0.1) is 0 Å². The molecule has 4 nitrogen and oxygen atoms in total. The Bertz CT molecular complexity index is 1330. The summed E-state index contributed by atoms with van der Waals surface area (Å²) in [5.41, 5.74) is 10.2. The molecule has 4 aromatic rings. The average molecular weight is 463 g/mol. The maximum absolute atomic E-state index is 4.75. The Morgan fingerprint density at radius 1 is 0.657 bits per heavy atom. The number of aromatic nitrogens is 2. The zero-order valence-electron chi connectivity index (χ0n) is 21.6. The van der Waals surface area contributed by atoms with Crippen LogP contribution in [0.4, 0.5) is 23.0 Å². The summed E-state index contributed by atoms with van der Waals surface area (Å²) in [6, 6.07) is 22.3. The summed E-state index contributed by atoms with van der Waals surface area (Å²) >= 11 is 0. The van der Waals surface area contributed by atoms with Crippen LogP contribution in [-0.4, -0.2) is 16.6 Å². The van der Waals surface area contributed by atoms with Crippen LogP contribution in [0, 0.1) is 13.8 Å². The molecule has 0 radical (unpaired) electrons. The zero-order valence-corrected chi connectivity index (χ0v) is 21.6. The molecule has 0 unspecified atom stereocenters. The lowest BCUT2D eigenvalue weighted by molar-refractivity contribution is 0.838. The molecule has 0 aliphatic carbocycles. The molecular weight excluding hydrogens is 428 g/mol. The van der Waals surface area contributed by atoms with Crippen molar-refractivity contribution in [2.75, 3.05) is 16.5 Å². The van der Waals surface area contributed by atoms with Gasteiger partial charge in [-0.25, -0.2) is 9.97 Å². The Kier molecular flexibility index (Phi) is 6.06. The van der Waals surface area contributed by atoms with Crippen molar-refractivity contribution in [1.29, 1.82) is 0 Å². The predicted molar refractivity (Wildman–Crippen MR) is 147 cm³/mol. The first-order chi connectivity index (χ1) is 16.8. The molecule has 2 heterocycles. The third kappa shape index (κ3) is 4.29. The minimum absolute atomic E-state index is 0.450. The van der Waals surface area contributed by atoms with Gasteiger partial charge in [0.2, 0.25) is 0 Å². The first kappa shape index (κ1) is 23.1. The summed E-state index contributed by atoms with van der Waals surface area (Å²) in [5.74, 6) is 2.69. The molecule has 5 rings (SSSR count). The third-order valence-corrected chi connectivity index (χ3v) is 6.79. The van der Waals surface area contributed by atoms with Gasteiger partial charge in [0.1, 0.15) is 6.67 Å². The Labute approximate surface area is 209 Å². The van der Waals surface area contributed by atoms with Gasteiger partial charge in [0.15, 0.2) is 11.6 Å². The van der Waals surface area contributed by atoms with E-state index in [1.807, 2.05) is 0 Å². The number of nitrogens with zero attached hydrogens (tertiary/aromatic N) is 4. The molecular formula is C31H34N4. The molecule has 4 heteroatoms. The topological polar surface area (TPSA) is 32.3 Å². The van der Waals surface area contributed by atoms with E-state index in [9.17, 15) is 0 Å². The second-order valence-electron chi connectivity index (χ2n) is 10.2. The van der Waals surface area contributed by atoms with Gasteiger partial charge >= 0.3 is 0 Å². The van der Waals surface area contributed by atoms with Crippen LogP contribution in [0.25, 0.3) is 11.1 Å². The van der Waals surface area contributed by atoms with Crippen molar-refractivity contribution in [1.82, 2.24) is 9.97 Å². The van der Waals surface area contributed by atoms with Gasteiger partial charge in [-0.3, -0.25) is 0 Å². The van der Waals surface area contributed by atoms with Crippen LogP contribution in [0.2, 0.25) is 0 Å². The van der Waals surface area contributed by atoms with Crippen molar-refractivity contribution in [3.05, 3.63) is 95.3 Å². The molecule has 1 aromatic heterocycles. The van der Waals surface area contributed by atoms with Gasteiger partial charge < -0.3 is 9.80 Å². The number of aryl methyl sites for hydroxylation is 2. The Morgan fingerprint density at radius 2 is 1.20 bits per heavy atom. The van der Waals surface area contributed by atoms with E-state index in [0.717, 1.165) is 23.0 Å². The summed E-state index contributed by atoms with van der Waals surface area (Å²) in [5, 5.41) is 0. The molecule has 0 N–H and O–H groups in total. The van der Waals surface area contributed by atoms with Crippen molar-refractivity contribution >= 4 is 23.0 Å². The van der Waals surface area contributed by atoms with Crippen molar-refractivity contribution in [2.45, 2.75) is 53.4 Å². The molecule has 0 saturated carbocycles. The summed E-state index contributed by atoms with van der Waals surface area (Å²) in [4.78, 5) is 14.0. The van der Waals surface area contributed by atoms with Crippen LogP contribution in [-0.2, 0) is 0 Å². The molecule has 1 aliphatic rings. The van der Waals surface area contributed by atoms with Gasteiger partial charge in [-0.05, 0) is 83.3 Å². The molecule has 0 saturated heterocycles. The smallest absolute Gasteiger partial charge is 0.178 e. The lowest BCUT2D eigenvalue weighted by atomic mass is 9.85. The number of rotatable bonds is 5. The SMILES string of the molecule is Cc1cc(C)cc(N2CN(c3cccc(-c4c(C(C)C)cccc4C(C)C)c3)c3nccnc32)c1. The summed E-state index contributed by atoms with van der Waals surface area (Å²) < 4.78 is 0. The zero-order chi connectivity index (χ0) is 24.7. The van der Waals surface area contributed by atoms with Crippen LogP contribution < -0.4 is 9.80 Å². The highest BCUT2D eigenvalue weighted by Crippen LogP contribution is 2.43. The predicted octanol–water partition coefficient (Wildman–Crippen LogP) is 8.25. The Balaban J connectivity index is 1.61. The summed E-state index contributed by atoms with van der Waals surface area (Å²) in [6.07, 6.45) is 3.56. The van der Waals surface area contributed by atoms with Crippen LogP contribution in [0.15, 0.2) is 73.1 Å². The van der Waals surface area contributed by atoms with Crippen LogP contribution >= 0.6 is 0 Å². The first-order valence-corrected chi connectivity index (χ1v) is 12.5. The molecule has 0 fully saturated rings. The monoisotopic (exact) mass is 462 g/mol. The molecule has 35 heavy (non-hydrogen) atoms. The average Bonchev–Trinajstić information content (AvgIpc) is 3.23. The summed E-state index contributed by atoms with van der Waals surface area (Å²) in [6.45, 7) is 14.1. The van der Waals surface area contributed by atoms with Gasteiger partial charge in [-0.2, -0.15) is 0 Å². The number of hydrogen-bond donors (Lipinski definition) is 0. The minimum Gasteiger partial charge on any atom is -0.305 e. The standard InChI is InChI=1S/C31H34N4/c1-20(2)27-11-8-12-28(21(3)4)29(27)24-9-7-10-25(18-24)34-19-35(31-30(34)32-13-14-33-31)26-16-22(5)15-23(6)17-26/h7-18,20-21H,19H2,1-6H3. The van der Waals surface area contributed by atoms with Crippen molar-refractivity contribution in [3.8, 4) is 11.1 Å². The largest absolute Gasteiger partial charge is 0.305 e. The van der Waals surface area contributed by atoms with E-state index in [2.05, 4.69) is 112 Å². The van der Waals surface area contributed by atoms with Crippen LogP contribution in [0.1, 0.15) is 61.8 Å². The highest BCUT2D eigenvalue weighted by molar-refractivity contribution is 5.84. The lowest BCUT2D eigenvalue weighted by Crippen LogP contribution is -2.24. The lowest BCUT2D eigenvalue weighted by Gasteiger charge is -2.24. The molecule has 178 valence electrons. The fourth-order valence-corrected chi connectivity index (χ4v) is 5.21. The van der Waals surface area contributed by atoms with E-state index in [-0.39, 0.29) is 0 Å². The van der Waals surface area contributed by atoms with E-state index >= 15 is 0 Å². The van der Waals surface area contributed by atoms with Gasteiger partial charge in [0, 0.05) is 23.8 Å². The van der Waals surface area contributed by atoms with Crippen LogP contribution in [0.3, 0.4) is 0 Å². The number of fused-ring (bicyclic) bond motifs is 1. The summed E-state index contributed by atoms with van der Waals surface area (Å²) in [7, 11) is 0. The molecule has 3 aromatic carbocycles. The van der Waals surface area contributed by atoms with E-state index in [0.29, 0.717) is 18.5 Å². The maximum atomic E-state index is 4.75. The number of anilines is 4. The highest BCUT2D eigenvalue weighted by atomic mass is 15.4. The van der Waals surface area contributed by atoms with Crippen LogP contribution in [0.5, 0.6) is 0 Å². The highest BCUT2D eigenvalue weighted by Gasteiger charge is 2.31. The number of hydrogen-bond acceptors (Lipinski definition) is 4. The first-order valence-electron chi connectivity index (χ1n) is 12.5. The second-order valence-corrected chi connectivity index (χ2v) is 10.2. The van der Waals surface area contributed by atoms with Gasteiger partial charge in [-0.1, -0.05) is 64.1 Å². The van der Waals surface area contributed by atoms with E-state index < -0.39 is 0 Å². The Morgan fingerprint density at radius 3 is 1.77 bits per heavy atom. The van der Waals surface area contributed by atoms with E-state index in [1.165, 1.54) is 33.4 Å². The quantitative estimate of drug-likeness (QED) is 0.299. The fraction of sp³-hybridized carbons (Fsp3) is 0.290. The minimum atomic E-state index is 0.450. The molecule has 1 aliphatic heterocycles. The second kappa shape index (κ2) is 9.18. The molecule has 0 bridgehead atoms. The van der Waals surface area contributed by atoms with Gasteiger partial charge in [0.25, 0.3) is 0 Å². The van der Waals surface area contributed by atoms with E-state index in [1.54, 1.807) is 12.4 Å². The third-order valence-electron chi connectivity index (χ3n) is 6.79.